The Balaban J connectivity index is 2.11. The molecule has 0 amide bonds. The van der Waals surface area contributed by atoms with E-state index in [1.54, 1.807) is 0 Å². The van der Waals surface area contributed by atoms with Crippen molar-refractivity contribution in [3.63, 3.8) is 0 Å². The van der Waals surface area contributed by atoms with E-state index in [-0.39, 0.29) is 33.4 Å². The average Bonchev–Trinajstić information content (AvgIpc) is 2.75. The Morgan fingerprint density at radius 3 is 1.29 bits per heavy atom. The van der Waals surface area contributed by atoms with Crippen LogP contribution in [-0.4, -0.2) is 31.1 Å². The summed E-state index contributed by atoms with van der Waals surface area (Å²) in [4.78, 5) is 0. The third kappa shape index (κ3) is 2.66. The maximum atomic E-state index is 15.0. The number of alkyl halides is 6. The SMILES string of the molecule is O=S(=O)([O-])CC(C(F)(F)F)(C(F)(F)F)C12c3ccccc3C(c3ccccc31)c1ccccc12. The van der Waals surface area contributed by atoms with Gasteiger partial charge in [0.05, 0.1) is 21.3 Å². The van der Waals surface area contributed by atoms with Crippen molar-refractivity contribution >= 4 is 10.1 Å². The zero-order valence-corrected chi connectivity index (χ0v) is 17.9. The molecule has 0 saturated carbocycles. The van der Waals surface area contributed by atoms with Crippen molar-refractivity contribution in [1.82, 2.24) is 0 Å². The molecule has 34 heavy (non-hydrogen) atoms. The van der Waals surface area contributed by atoms with E-state index < -0.39 is 45.0 Å². The Kier molecular flexibility index (Phi) is 4.62. The van der Waals surface area contributed by atoms with Crippen LogP contribution in [0.3, 0.4) is 0 Å². The standard InChI is InChI=1S/C24H16F6O3S/c25-23(26,27)21(24(28,29)30,13-34(31,32)33)22-17-10-4-1-7-14(17)20(15-8-2-5-11-18(15)22)16-9-3-6-12-19(16)22/h1-12,20H,13H2,(H,31,32,33)/p-1. The summed E-state index contributed by atoms with van der Waals surface area (Å²) in [7, 11) is -6.03. The number of benzene rings is 3. The zero-order chi connectivity index (χ0) is 24.7. The minimum Gasteiger partial charge on any atom is -0.748 e. The first kappa shape index (κ1) is 22.9. The van der Waals surface area contributed by atoms with E-state index in [1.165, 1.54) is 54.6 Å². The van der Waals surface area contributed by atoms with Gasteiger partial charge in [0.1, 0.15) is 0 Å². The fourth-order valence-electron chi connectivity index (χ4n) is 6.02. The van der Waals surface area contributed by atoms with Gasteiger partial charge in [0.15, 0.2) is 5.41 Å². The van der Waals surface area contributed by atoms with Crippen LogP contribution in [0.1, 0.15) is 39.3 Å². The summed E-state index contributed by atoms with van der Waals surface area (Å²) in [5, 5.41) is 0. The highest BCUT2D eigenvalue weighted by atomic mass is 32.2. The van der Waals surface area contributed by atoms with Gasteiger partial charge in [-0.15, -0.1) is 0 Å². The number of hydrogen-bond acceptors (Lipinski definition) is 3. The average molecular weight is 497 g/mol. The summed E-state index contributed by atoms with van der Waals surface area (Å²) < 4.78 is 125. The van der Waals surface area contributed by atoms with Crippen molar-refractivity contribution in [2.24, 2.45) is 5.41 Å². The lowest BCUT2D eigenvalue weighted by Gasteiger charge is -2.59. The third-order valence-corrected chi connectivity index (χ3v) is 7.82. The lowest BCUT2D eigenvalue weighted by atomic mass is 9.44. The normalized spacial score (nSPS) is 21.6. The van der Waals surface area contributed by atoms with Crippen molar-refractivity contribution in [1.29, 1.82) is 0 Å². The Labute approximate surface area is 190 Å². The molecule has 3 nitrogen and oxygen atoms in total. The lowest BCUT2D eigenvalue weighted by molar-refractivity contribution is -0.348. The minimum absolute atomic E-state index is 0.209. The Morgan fingerprint density at radius 2 is 1.00 bits per heavy atom. The summed E-state index contributed by atoms with van der Waals surface area (Å²) in [5.74, 6) is -3.34. The third-order valence-electron chi connectivity index (χ3n) is 7.03. The van der Waals surface area contributed by atoms with Crippen LogP contribution in [0.25, 0.3) is 0 Å². The molecule has 2 bridgehead atoms. The van der Waals surface area contributed by atoms with Crippen LogP contribution in [0.5, 0.6) is 0 Å². The quantitative estimate of drug-likeness (QED) is 0.356. The summed E-state index contributed by atoms with van der Waals surface area (Å²) in [6, 6.07) is 16.3. The van der Waals surface area contributed by atoms with Crippen LogP contribution in [-0.2, 0) is 15.5 Å². The van der Waals surface area contributed by atoms with Gasteiger partial charge in [-0.3, -0.25) is 0 Å². The predicted molar refractivity (Wildman–Crippen MR) is 109 cm³/mol. The second kappa shape index (κ2) is 6.85. The van der Waals surface area contributed by atoms with Crippen LogP contribution >= 0.6 is 0 Å². The van der Waals surface area contributed by atoms with Gasteiger partial charge in [0.2, 0.25) is 0 Å². The monoisotopic (exact) mass is 497 g/mol. The molecule has 3 aromatic rings. The molecule has 0 heterocycles. The van der Waals surface area contributed by atoms with Gasteiger partial charge in [-0.25, -0.2) is 8.42 Å². The molecule has 0 radical (unpaired) electrons. The second-order valence-corrected chi connectivity index (χ2v) is 9.95. The van der Waals surface area contributed by atoms with E-state index in [9.17, 15) is 39.3 Å². The molecule has 6 rings (SSSR count). The fraction of sp³-hybridized carbons (Fsp3) is 0.250. The highest BCUT2D eigenvalue weighted by Gasteiger charge is 2.82. The smallest absolute Gasteiger partial charge is 0.405 e. The van der Waals surface area contributed by atoms with Gasteiger partial charge in [-0.05, 0) is 33.4 Å². The van der Waals surface area contributed by atoms with Crippen molar-refractivity contribution in [2.75, 3.05) is 5.75 Å². The lowest BCUT2D eigenvalue weighted by Crippen LogP contribution is -2.69. The Bertz CT molecular complexity index is 1280. The maximum Gasteiger partial charge on any atom is 0.405 e. The van der Waals surface area contributed by atoms with Gasteiger partial charge in [-0.1, -0.05) is 72.8 Å². The van der Waals surface area contributed by atoms with Gasteiger partial charge in [-0.2, -0.15) is 26.3 Å². The molecule has 0 N–H and O–H groups in total. The molecule has 10 heteroatoms. The van der Waals surface area contributed by atoms with Crippen LogP contribution in [0.2, 0.25) is 0 Å². The molecule has 3 aromatic carbocycles. The highest BCUT2D eigenvalue weighted by Crippen LogP contribution is 2.72. The van der Waals surface area contributed by atoms with Crippen LogP contribution in [0, 0.1) is 5.41 Å². The van der Waals surface area contributed by atoms with Crippen molar-refractivity contribution in [3.8, 4) is 0 Å². The zero-order valence-electron chi connectivity index (χ0n) is 17.1. The van der Waals surface area contributed by atoms with E-state index in [0.717, 1.165) is 18.2 Å². The van der Waals surface area contributed by atoms with E-state index in [4.69, 9.17) is 0 Å². The molecule has 0 fully saturated rings. The molecule has 0 atom stereocenters. The molecule has 0 aliphatic heterocycles. The molecule has 0 aromatic heterocycles. The molecule has 0 saturated heterocycles. The fourth-order valence-corrected chi connectivity index (χ4v) is 7.10. The highest BCUT2D eigenvalue weighted by molar-refractivity contribution is 7.85. The molecule has 178 valence electrons. The summed E-state index contributed by atoms with van der Waals surface area (Å²) in [6.45, 7) is 0. The summed E-state index contributed by atoms with van der Waals surface area (Å²) >= 11 is 0. The van der Waals surface area contributed by atoms with E-state index in [0.29, 0.717) is 0 Å². The Hall–Kier alpha value is -2.85. The number of rotatable bonds is 3. The van der Waals surface area contributed by atoms with Crippen LogP contribution in [0.4, 0.5) is 26.3 Å². The number of halogens is 6. The van der Waals surface area contributed by atoms with Crippen LogP contribution < -0.4 is 0 Å². The summed E-state index contributed by atoms with van der Waals surface area (Å²) in [6.07, 6.45) is -12.3. The van der Waals surface area contributed by atoms with E-state index in [1.807, 2.05) is 0 Å². The first-order valence-corrected chi connectivity index (χ1v) is 11.7. The first-order valence-electron chi connectivity index (χ1n) is 10.1. The second-order valence-electron chi connectivity index (χ2n) is 8.55. The molecular weight excluding hydrogens is 482 g/mol. The molecule has 3 aliphatic rings. The van der Waals surface area contributed by atoms with Gasteiger partial charge < -0.3 is 4.55 Å². The summed E-state index contributed by atoms with van der Waals surface area (Å²) in [5.41, 5.74) is -8.31. The van der Waals surface area contributed by atoms with Crippen molar-refractivity contribution in [2.45, 2.75) is 23.7 Å². The molecule has 0 spiro atoms. The first-order chi connectivity index (χ1) is 15.8. The van der Waals surface area contributed by atoms with Gasteiger partial charge in [0.25, 0.3) is 0 Å². The predicted octanol–water partition coefficient (Wildman–Crippen LogP) is 5.48. The van der Waals surface area contributed by atoms with E-state index >= 15 is 0 Å². The minimum atomic E-state index is -6.17. The van der Waals surface area contributed by atoms with Gasteiger partial charge in [0, 0.05) is 5.92 Å². The molecule has 0 unspecified atom stereocenters. The maximum absolute atomic E-state index is 15.0. The Morgan fingerprint density at radius 1 is 0.676 bits per heavy atom. The van der Waals surface area contributed by atoms with Gasteiger partial charge >= 0.3 is 12.4 Å². The largest absolute Gasteiger partial charge is 0.748 e. The molecular formula is C24H15F6O3S-. The van der Waals surface area contributed by atoms with Crippen molar-refractivity contribution in [3.05, 3.63) is 106 Å². The number of hydrogen-bond donors (Lipinski definition) is 0. The van der Waals surface area contributed by atoms with Crippen molar-refractivity contribution < 1.29 is 39.3 Å². The van der Waals surface area contributed by atoms with E-state index in [2.05, 4.69) is 0 Å². The topological polar surface area (TPSA) is 57.2 Å². The molecule has 3 aliphatic carbocycles. The van der Waals surface area contributed by atoms with Crippen LogP contribution in [0.15, 0.2) is 72.8 Å².